The molecule has 110 valence electrons. The molecule has 4 unspecified atom stereocenters. The molecule has 1 N–H and O–H groups in total. The Bertz CT molecular complexity index is 646. The Morgan fingerprint density at radius 3 is 2.86 bits per heavy atom. The Kier molecular flexibility index (Phi) is 3.22. The highest BCUT2D eigenvalue weighted by molar-refractivity contribution is 5.82. The monoisotopic (exact) mass is 280 g/mol. The van der Waals surface area contributed by atoms with Gasteiger partial charge >= 0.3 is 0 Å². The third-order valence-corrected chi connectivity index (χ3v) is 5.89. The lowest BCUT2D eigenvalue weighted by Gasteiger charge is -2.48. The SMILES string of the molecule is CC1CCC2CC1C(c1ccnc3ccccc13)N[C@H]2C. The summed E-state index contributed by atoms with van der Waals surface area (Å²) in [6, 6.07) is 11.9. The Balaban J connectivity index is 1.80. The van der Waals surface area contributed by atoms with Crippen molar-refractivity contribution in [1.29, 1.82) is 0 Å². The minimum Gasteiger partial charge on any atom is -0.307 e. The summed E-state index contributed by atoms with van der Waals surface area (Å²) in [4.78, 5) is 4.53. The lowest BCUT2D eigenvalue weighted by molar-refractivity contribution is 0.0716. The van der Waals surface area contributed by atoms with Crippen LogP contribution in [0.25, 0.3) is 10.9 Å². The maximum Gasteiger partial charge on any atom is 0.0705 e. The van der Waals surface area contributed by atoms with Gasteiger partial charge in [-0.15, -0.1) is 0 Å². The van der Waals surface area contributed by atoms with E-state index in [0.717, 1.165) is 23.3 Å². The molecule has 4 rings (SSSR count). The molecule has 2 heterocycles. The molecule has 21 heavy (non-hydrogen) atoms. The molecule has 1 aliphatic carbocycles. The number of para-hydroxylation sites is 1. The second-order valence-electron chi connectivity index (χ2n) is 7.06. The standard InChI is InChI=1S/C19H24N2/c1-12-7-8-14-11-17(12)19(21-13(14)2)16-9-10-20-18-6-4-3-5-15(16)18/h3-6,9-10,12-14,17,19,21H,7-8,11H2,1-2H3/t12?,13-,14?,17?,19?/m0/s1. The average Bonchev–Trinajstić information content (AvgIpc) is 2.52. The van der Waals surface area contributed by atoms with E-state index in [1.807, 2.05) is 6.20 Å². The summed E-state index contributed by atoms with van der Waals surface area (Å²) >= 11 is 0. The summed E-state index contributed by atoms with van der Waals surface area (Å²) in [5.41, 5.74) is 2.57. The minimum absolute atomic E-state index is 0.486. The zero-order valence-corrected chi connectivity index (χ0v) is 12.9. The van der Waals surface area contributed by atoms with E-state index in [0.29, 0.717) is 12.1 Å². The van der Waals surface area contributed by atoms with E-state index in [1.165, 1.54) is 30.2 Å². The normalized spacial score (nSPS) is 35.8. The molecular weight excluding hydrogens is 256 g/mol. The molecule has 0 amide bonds. The summed E-state index contributed by atoms with van der Waals surface area (Å²) in [5.74, 6) is 2.46. The lowest BCUT2D eigenvalue weighted by atomic mass is 9.65. The van der Waals surface area contributed by atoms with Gasteiger partial charge in [0, 0.05) is 23.7 Å². The van der Waals surface area contributed by atoms with Crippen LogP contribution in [0.2, 0.25) is 0 Å². The molecule has 5 atom stereocenters. The van der Waals surface area contributed by atoms with Gasteiger partial charge in [0.1, 0.15) is 0 Å². The van der Waals surface area contributed by atoms with Gasteiger partial charge in [0.25, 0.3) is 0 Å². The van der Waals surface area contributed by atoms with Crippen LogP contribution in [0.15, 0.2) is 36.5 Å². The summed E-state index contributed by atoms with van der Waals surface area (Å²) in [7, 11) is 0. The molecule has 2 heteroatoms. The van der Waals surface area contributed by atoms with Crippen LogP contribution in [0.4, 0.5) is 0 Å². The number of rotatable bonds is 1. The first kappa shape index (κ1) is 13.3. The Morgan fingerprint density at radius 2 is 1.95 bits per heavy atom. The van der Waals surface area contributed by atoms with Crippen molar-refractivity contribution in [3.8, 4) is 0 Å². The zero-order chi connectivity index (χ0) is 14.4. The van der Waals surface area contributed by atoms with E-state index in [1.54, 1.807) is 0 Å². The highest BCUT2D eigenvalue weighted by Crippen LogP contribution is 2.46. The van der Waals surface area contributed by atoms with E-state index in [4.69, 9.17) is 0 Å². The van der Waals surface area contributed by atoms with Crippen LogP contribution in [0.1, 0.15) is 44.7 Å². The van der Waals surface area contributed by atoms with Crippen molar-refractivity contribution in [2.75, 3.05) is 0 Å². The minimum atomic E-state index is 0.486. The maximum absolute atomic E-state index is 4.53. The van der Waals surface area contributed by atoms with Crippen molar-refractivity contribution in [2.24, 2.45) is 17.8 Å². The van der Waals surface area contributed by atoms with Crippen molar-refractivity contribution >= 4 is 10.9 Å². The van der Waals surface area contributed by atoms with Gasteiger partial charge in [-0.1, -0.05) is 31.5 Å². The number of nitrogens with zero attached hydrogens (tertiary/aromatic N) is 1. The molecule has 1 aliphatic heterocycles. The zero-order valence-electron chi connectivity index (χ0n) is 12.9. The van der Waals surface area contributed by atoms with Crippen LogP contribution in [0.5, 0.6) is 0 Å². The van der Waals surface area contributed by atoms with Crippen molar-refractivity contribution in [3.05, 3.63) is 42.1 Å². The van der Waals surface area contributed by atoms with Gasteiger partial charge in [-0.2, -0.15) is 0 Å². The first-order chi connectivity index (χ1) is 10.2. The highest BCUT2D eigenvalue weighted by Gasteiger charge is 2.41. The largest absolute Gasteiger partial charge is 0.307 e. The number of hydrogen-bond donors (Lipinski definition) is 1. The molecule has 2 bridgehead atoms. The number of pyridine rings is 1. The number of aromatic nitrogens is 1. The van der Waals surface area contributed by atoms with E-state index in [-0.39, 0.29) is 0 Å². The smallest absolute Gasteiger partial charge is 0.0705 e. The van der Waals surface area contributed by atoms with Gasteiger partial charge in [-0.05, 0) is 55.2 Å². The quantitative estimate of drug-likeness (QED) is 0.841. The lowest BCUT2D eigenvalue weighted by Crippen LogP contribution is -2.50. The van der Waals surface area contributed by atoms with E-state index in [2.05, 4.69) is 54.5 Å². The number of hydrogen-bond acceptors (Lipinski definition) is 2. The molecule has 1 saturated carbocycles. The Labute approximate surface area is 127 Å². The third kappa shape index (κ3) is 2.17. The van der Waals surface area contributed by atoms with Crippen LogP contribution in [0, 0.1) is 17.8 Å². The van der Waals surface area contributed by atoms with E-state index < -0.39 is 0 Å². The first-order valence-corrected chi connectivity index (χ1v) is 8.33. The van der Waals surface area contributed by atoms with E-state index >= 15 is 0 Å². The van der Waals surface area contributed by atoms with Gasteiger partial charge in [0.2, 0.25) is 0 Å². The average molecular weight is 280 g/mol. The van der Waals surface area contributed by atoms with Crippen molar-refractivity contribution < 1.29 is 0 Å². The topological polar surface area (TPSA) is 24.9 Å². The molecule has 2 fully saturated rings. The fraction of sp³-hybridized carbons (Fsp3) is 0.526. The molecule has 1 saturated heterocycles. The third-order valence-electron chi connectivity index (χ3n) is 5.89. The molecule has 1 aromatic carbocycles. The summed E-state index contributed by atoms with van der Waals surface area (Å²) in [6.45, 7) is 4.81. The van der Waals surface area contributed by atoms with Crippen LogP contribution in [0.3, 0.4) is 0 Å². The molecule has 1 aromatic heterocycles. The predicted octanol–water partition coefficient (Wildman–Crippen LogP) is 4.32. The fourth-order valence-electron chi connectivity index (χ4n) is 4.56. The Hall–Kier alpha value is -1.41. The van der Waals surface area contributed by atoms with Gasteiger partial charge in [0.05, 0.1) is 5.52 Å². The van der Waals surface area contributed by atoms with Crippen LogP contribution >= 0.6 is 0 Å². The molecule has 0 spiro atoms. The van der Waals surface area contributed by atoms with Crippen molar-refractivity contribution in [3.63, 3.8) is 0 Å². The molecule has 2 nitrogen and oxygen atoms in total. The molecule has 2 aromatic rings. The van der Waals surface area contributed by atoms with E-state index in [9.17, 15) is 0 Å². The number of benzene rings is 1. The number of piperidine rings is 1. The second kappa shape index (κ2) is 5.10. The highest BCUT2D eigenvalue weighted by atomic mass is 15.0. The van der Waals surface area contributed by atoms with Crippen LogP contribution in [-0.4, -0.2) is 11.0 Å². The van der Waals surface area contributed by atoms with Gasteiger partial charge < -0.3 is 5.32 Å². The van der Waals surface area contributed by atoms with Gasteiger partial charge in [-0.3, -0.25) is 4.98 Å². The summed E-state index contributed by atoms with van der Waals surface area (Å²) in [6.07, 6.45) is 6.15. The number of fused-ring (bicyclic) bond motifs is 3. The molecule has 2 aliphatic rings. The van der Waals surface area contributed by atoms with Crippen LogP contribution in [-0.2, 0) is 0 Å². The van der Waals surface area contributed by atoms with Gasteiger partial charge in [0.15, 0.2) is 0 Å². The van der Waals surface area contributed by atoms with Crippen molar-refractivity contribution in [1.82, 2.24) is 10.3 Å². The molecular formula is C19H24N2. The fourth-order valence-corrected chi connectivity index (χ4v) is 4.56. The summed E-state index contributed by atoms with van der Waals surface area (Å²) < 4.78 is 0. The van der Waals surface area contributed by atoms with Crippen LogP contribution < -0.4 is 5.32 Å². The predicted molar refractivity (Wildman–Crippen MR) is 87.1 cm³/mol. The maximum atomic E-state index is 4.53. The van der Waals surface area contributed by atoms with Crippen molar-refractivity contribution in [2.45, 2.75) is 45.2 Å². The summed E-state index contributed by atoms with van der Waals surface area (Å²) in [5, 5.41) is 5.25. The Morgan fingerprint density at radius 1 is 1.10 bits per heavy atom. The number of nitrogens with one attached hydrogen (secondary N) is 1. The first-order valence-electron chi connectivity index (χ1n) is 8.33. The van der Waals surface area contributed by atoms with Gasteiger partial charge in [-0.25, -0.2) is 0 Å². The molecule has 0 radical (unpaired) electrons. The second-order valence-corrected chi connectivity index (χ2v) is 7.06.